The Labute approximate surface area is 235 Å². The second-order valence-electron chi connectivity index (χ2n) is 10.7. The van der Waals surface area contributed by atoms with Crippen molar-refractivity contribution >= 4 is 11.9 Å². The van der Waals surface area contributed by atoms with Gasteiger partial charge in [0.1, 0.15) is 24.2 Å². The van der Waals surface area contributed by atoms with Crippen molar-refractivity contribution < 1.29 is 34.0 Å². The lowest BCUT2D eigenvalue weighted by Crippen LogP contribution is -2.45. The zero-order chi connectivity index (χ0) is 28.4. The molecule has 2 atom stereocenters. The summed E-state index contributed by atoms with van der Waals surface area (Å²) in [6.07, 6.45) is 4.82. The molecule has 2 N–H and O–H groups in total. The van der Waals surface area contributed by atoms with E-state index in [1.54, 1.807) is 48.7 Å². The van der Waals surface area contributed by atoms with Crippen LogP contribution in [0, 0.1) is 5.41 Å². The molecule has 2 aliphatic heterocycles. The summed E-state index contributed by atoms with van der Waals surface area (Å²) >= 11 is 0. The van der Waals surface area contributed by atoms with E-state index in [1.807, 2.05) is 12.1 Å². The molecule has 10 heteroatoms. The van der Waals surface area contributed by atoms with Crippen molar-refractivity contribution in [2.75, 3.05) is 46.5 Å². The Morgan fingerprint density at radius 3 is 2.52 bits per heavy atom. The Hall–Kier alpha value is -3.21. The Balaban J connectivity index is 1.37. The van der Waals surface area contributed by atoms with E-state index in [0.29, 0.717) is 43.7 Å². The number of pyridine rings is 1. The molecular formula is C30H41N3O7. The lowest BCUT2D eigenvalue weighted by molar-refractivity contribution is -0.165. The summed E-state index contributed by atoms with van der Waals surface area (Å²) in [5, 5.41) is 21.0. The Kier molecular flexibility index (Phi) is 10.7. The van der Waals surface area contributed by atoms with Crippen molar-refractivity contribution in [1.29, 1.82) is 0 Å². The van der Waals surface area contributed by atoms with Crippen LogP contribution in [0.25, 0.3) is 0 Å². The van der Waals surface area contributed by atoms with E-state index in [9.17, 15) is 19.8 Å². The normalized spacial score (nSPS) is 22.9. The van der Waals surface area contributed by atoms with Gasteiger partial charge in [-0.2, -0.15) is 0 Å². The Morgan fingerprint density at radius 2 is 1.77 bits per heavy atom. The molecule has 0 unspecified atom stereocenters. The highest BCUT2D eigenvalue weighted by molar-refractivity contribution is 5.78. The largest absolute Gasteiger partial charge is 0.497 e. The zero-order valence-electron chi connectivity index (χ0n) is 23.2. The first kappa shape index (κ1) is 29.8. The van der Waals surface area contributed by atoms with E-state index in [0.717, 1.165) is 26.1 Å². The summed E-state index contributed by atoms with van der Waals surface area (Å²) in [5.41, 5.74) is 0.540. The number of piperidine rings is 1. The summed E-state index contributed by atoms with van der Waals surface area (Å²) in [6.45, 7) is 2.64. The van der Waals surface area contributed by atoms with Crippen LogP contribution in [0.5, 0.6) is 11.5 Å². The number of esters is 1. The first-order chi connectivity index (χ1) is 19.4. The SMILES string of the molecule is COc1cccc(OCC(=O)N2CCCCC3(CCN(Cc4ccncc4)CC3)C(=O)OC[C@@H](O)[C@@H](O)CC2)c1. The topological polar surface area (TPSA) is 122 Å². The number of cyclic esters (lactones) is 1. The van der Waals surface area contributed by atoms with E-state index < -0.39 is 17.6 Å². The average molecular weight is 556 g/mol. The van der Waals surface area contributed by atoms with Gasteiger partial charge in [0.25, 0.3) is 5.91 Å². The first-order valence-electron chi connectivity index (χ1n) is 14.1. The van der Waals surface area contributed by atoms with E-state index in [1.165, 1.54) is 5.56 Å². The van der Waals surface area contributed by atoms with Gasteiger partial charge >= 0.3 is 5.97 Å². The van der Waals surface area contributed by atoms with Gasteiger partial charge in [-0.05, 0) is 75.0 Å². The lowest BCUT2D eigenvalue weighted by atomic mass is 9.74. The molecule has 1 aromatic carbocycles. The van der Waals surface area contributed by atoms with Crippen molar-refractivity contribution in [2.24, 2.45) is 5.41 Å². The third-order valence-corrected chi connectivity index (χ3v) is 8.02. The summed E-state index contributed by atoms with van der Waals surface area (Å²) < 4.78 is 16.5. The molecule has 0 aliphatic carbocycles. The van der Waals surface area contributed by atoms with E-state index in [4.69, 9.17) is 14.2 Å². The van der Waals surface area contributed by atoms with Crippen LogP contribution in [0.3, 0.4) is 0 Å². The molecule has 0 bridgehead atoms. The number of carbonyl (C=O) groups excluding carboxylic acids is 2. The highest BCUT2D eigenvalue weighted by Gasteiger charge is 2.42. The molecule has 0 radical (unpaired) electrons. The molecule has 0 saturated carbocycles. The second-order valence-corrected chi connectivity index (χ2v) is 10.7. The number of aliphatic hydroxyl groups excluding tert-OH is 2. The summed E-state index contributed by atoms with van der Waals surface area (Å²) in [7, 11) is 1.57. The van der Waals surface area contributed by atoms with Crippen LogP contribution in [-0.2, 0) is 20.9 Å². The molecule has 218 valence electrons. The highest BCUT2D eigenvalue weighted by atomic mass is 16.5. The van der Waals surface area contributed by atoms with Gasteiger partial charge in [0.05, 0.1) is 18.6 Å². The van der Waals surface area contributed by atoms with Crippen molar-refractivity contribution in [2.45, 2.75) is 57.3 Å². The quantitative estimate of drug-likeness (QED) is 0.518. The molecular weight excluding hydrogens is 514 g/mol. The third kappa shape index (κ3) is 8.16. The smallest absolute Gasteiger partial charge is 0.312 e. The number of methoxy groups -OCH3 is 1. The van der Waals surface area contributed by atoms with Crippen LogP contribution in [-0.4, -0.2) is 95.6 Å². The van der Waals surface area contributed by atoms with Gasteiger partial charge in [0, 0.05) is 38.1 Å². The van der Waals surface area contributed by atoms with Gasteiger partial charge in [-0.3, -0.25) is 19.5 Å². The van der Waals surface area contributed by atoms with Gasteiger partial charge in [-0.15, -0.1) is 0 Å². The third-order valence-electron chi connectivity index (χ3n) is 8.02. The highest BCUT2D eigenvalue weighted by Crippen LogP contribution is 2.38. The number of benzene rings is 1. The molecule has 10 nitrogen and oxygen atoms in total. The fourth-order valence-corrected chi connectivity index (χ4v) is 5.40. The number of carbonyl (C=O) groups is 2. The summed E-state index contributed by atoms with van der Waals surface area (Å²) in [5.74, 6) is 0.659. The molecule has 4 rings (SSSR count). The lowest BCUT2D eigenvalue weighted by Gasteiger charge is -2.40. The van der Waals surface area contributed by atoms with Crippen molar-refractivity contribution in [3.63, 3.8) is 0 Å². The number of ether oxygens (including phenoxy) is 3. The monoisotopic (exact) mass is 555 g/mol. The molecule has 2 fully saturated rings. The number of likely N-dealkylation sites (tertiary alicyclic amines) is 1. The van der Waals surface area contributed by atoms with E-state index in [2.05, 4.69) is 9.88 Å². The van der Waals surface area contributed by atoms with Crippen molar-refractivity contribution in [1.82, 2.24) is 14.8 Å². The van der Waals surface area contributed by atoms with Crippen LogP contribution in [0.4, 0.5) is 0 Å². The van der Waals surface area contributed by atoms with Gasteiger partial charge in [0.2, 0.25) is 0 Å². The molecule has 2 aromatic rings. The minimum Gasteiger partial charge on any atom is -0.497 e. The predicted molar refractivity (Wildman–Crippen MR) is 148 cm³/mol. The molecule has 1 amide bonds. The van der Waals surface area contributed by atoms with Crippen LogP contribution in [0.2, 0.25) is 0 Å². The van der Waals surface area contributed by atoms with Crippen molar-refractivity contribution in [3.05, 3.63) is 54.4 Å². The van der Waals surface area contributed by atoms with Crippen LogP contribution >= 0.6 is 0 Å². The van der Waals surface area contributed by atoms with Crippen molar-refractivity contribution in [3.8, 4) is 11.5 Å². The van der Waals surface area contributed by atoms with Crippen LogP contribution in [0.1, 0.15) is 44.1 Å². The fraction of sp³-hybridized carbons (Fsp3) is 0.567. The molecule has 40 heavy (non-hydrogen) atoms. The molecule has 2 aliphatic rings. The number of rotatable bonds is 6. The number of hydrogen-bond donors (Lipinski definition) is 2. The van der Waals surface area contributed by atoms with Crippen LogP contribution in [0.15, 0.2) is 48.8 Å². The minimum atomic E-state index is -1.22. The maximum atomic E-state index is 13.3. The maximum Gasteiger partial charge on any atom is 0.312 e. The number of hydrogen-bond acceptors (Lipinski definition) is 9. The van der Waals surface area contributed by atoms with E-state index >= 15 is 0 Å². The number of amides is 1. The van der Waals surface area contributed by atoms with E-state index in [-0.39, 0.29) is 38.1 Å². The van der Waals surface area contributed by atoms with Gasteiger partial charge in [-0.1, -0.05) is 12.5 Å². The molecule has 1 aromatic heterocycles. The fourth-order valence-electron chi connectivity index (χ4n) is 5.40. The molecule has 2 saturated heterocycles. The number of nitrogens with zero attached hydrogens (tertiary/aromatic N) is 3. The maximum absolute atomic E-state index is 13.3. The van der Waals surface area contributed by atoms with Gasteiger partial charge in [0.15, 0.2) is 6.61 Å². The standard InChI is InChI=1S/C30H41N3O7/c1-38-24-5-4-6-25(19-24)39-22-28(36)33-15-3-2-10-30(29(37)40-21-27(35)26(34)9-16-33)11-17-32(18-12-30)20-23-7-13-31-14-8-23/h4-8,13-14,19,26-27,34-35H,2-3,9-12,15-18,20-22H2,1H3/t26-,27+/m0/s1. The Bertz CT molecular complexity index is 1090. The first-order valence-corrected chi connectivity index (χ1v) is 14.1. The van der Waals surface area contributed by atoms with Gasteiger partial charge < -0.3 is 29.3 Å². The zero-order valence-corrected chi connectivity index (χ0v) is 23.2. The Morgan fingerprint density at radius 1 is 1.02 bits per heavy atom. The average Bonchev–Trinajstić information content (AvgIpc) is 2.99. The number of aromatic nitrogens is 1. The minimum absolute atomic E-state index is 0.148. The predicted octanol–water partition coefficient (Wildman–Crippen LogP) is 2.42. The summed E-state index contributed by atoms with van der Waals surface area (Å²) in [6, 6.07) is 11.1. The summed E-state index contributed by atoms with van der Waals surface area (Å²) in [4.78, 5) is 34.5. The van der Waals surface area contributed by atoms with Crippen LogP contribution < -0.4 is 9.47 Å². The van der Waals surface area contributed by atoms with Gasteiger partial charge in [-0.25, -0.2) is 0 Å². The molecule has 1 spiro atoms. The second kappa shape index (κ2) is 14.4. The molecule has 3 heterocycles. The number of aliphatic hydroxyl groups is 2.